The molecule has 1 aliphatic rings. The molecule has 0 saturated carbocycles. The van der Waals surface area contributed by atoms with Crippen molar-refractivity contribution >= 4 is 12.4 Å². The summed E-state index contributed by atoms with van der Waals surface area (Å²) >= 11 is 0. The molecule has 0 radical (unpaired) electrons. The molecule has 6 nitrogen and oxygen atoms in total. The van der Waals surface area contributed by atoms with Crippen molar-refractivity contribution < 1.29 is 35.9 Å². The van der Waals surface area contributed by atoms with E-state index in [2.05, 4.69) is 5.32 Å². The van der Waals surface area contributed by atoms with Crippen molar-refractivity contribution in [2.24, 2.45) is 5.73 Å². The molecule has 1 fully saturated rings. The van der Waals surface area contributed by atoms with Gasteiger partial charge in [-0.2, -0.15) is 26.3 Å². The normalized spacial score (nSPS) is 21.6. The fraction of sp³-hybridized carbons (Fsp3) is 0.417. The average molecular weight is 516 g/mol. The van der Waals surface area contributed by atoms with Crippen molar-refractivity contribution in [1.82, 2.24) is 10.2 Å². The lowest BCUT2D eigenvalue weighted by Crippen LogP contribution is -2.58. The van der Waals surface area contributed by atoms with Gasteiger partial charge in [-0.3, -0.25) is 10.3 Å². The third-order valence-electron chi connectivity index (χ3n) is 6.35. The summed E-state index contributed by atoms with van der Waals surface area (Å²) in [5.74, 6) is 0. The summed E-state index contributed by atoms with van der Waals surface area (Å²) in [6, 6.07) is 9.28. The van der Waals surface area contributed by atoms with Crippen LogP contribution in [-0.4, -0.2) is 36.5 Å². The van der Waals surface area contributed by atoms with E-state index in [9.17, 15) is 31.1 Å². The Morgan fingerprint density at radius 1 is 1.17 bits per heavy atom. The molecule has 2 aromatic carbocycles. The van der Waals surface area contributed by atoms with Crippen molar-refractivity contribution in [2.45, 2.75) is 49.8 Å². The van der Waals surface area contributed by atoms with Crippen LogP contribution in [0.2, 0.25) is 0 Å². The fourth-order valence-corrected chi connectivity index (χ4v) is 4.29. The van der Waals surface area contributed by atoms with Crippen LogP contribution in [0.1, 0.15) is 48.1 Å². The zero-order valence-corrected chi connectivity index (χ0v) is 19.3. The Morgan fingerprint density at radius 3 is 2.19 bits per heavy atom. The second-order valence-corrected chi connectivity index (χ2v) is 8.69. The molecule has 1 aliphatic heterocycles. The van der Waals surface area contributed by atoms with Crippen molar-refractivity contribution in [1.29, 1.82) is 5.41 Å². The highest BCUT2D eigenvalue weighted by atomic mass is 19.4. The molecule has 12 heteroatoms. The quantitative estimate of drug-likeness (QED) is 0.260. The van der Waals surface area contributed by atoms with Gasteiger partial charge in [-0.05, 0) is 49.1 Å². The number of rotatable bonds is 7. The number of primary amides is 1. The largest absolute Gasteiger partial charge is 0.416 e. The summed E-state index contributed by atoms with van der Waals surface area (Å²) in [6.07, 6.45) is -9.32. The molecule has 36 heavy (non-hydrogen) atoms. The first-order valence-corrected chi connectivity index (χ1v) is 11.1. The van der Waals surface area contributed by atoms with Gasteiger partial charge in [0, 0.05) is 6.54 Å². The highest BCUT2D eigenvalue weighted by Crippen LogP contribution is 2.39. The van der Waals surface area contributed by atoms with Crippen LogP contribution in [0.15, 0.2) is 48.5 Å². The third-order valence-corrected chi connectivity index (χ3v) is 6.35. The van der Waals surface area contributed by atoms with Crippen molar-refractivity contribution in [3.8, 4) is 0 Å². The minimum Gasteiger partial charge on any atom is -0.372 e. The van der Waals surface area contributed by atoms with Crippen LogP contribution in [0.25, 0.3) is 0 Å². The number of amides is 2. The van der Waals surface area contributed by atoms with E-state index in [0.29, 0.717) is 25.0 Å². The van der Waals surface area contributed by atoms with Crippen LogP contribution in [-0.2, 0) is 22.6 Å². The number of hydrogen-bond donors (Lipinski definition) is 3. The number of nitrogens with zero attached hydrogens (tertiary/aromatic N) is 1. The molecular weight excluding hydrogens is 490 g/mol. The Bertz CT molecular complexity index is 1030. The number of urea groups is 1. The molecule has 4 N–H and O–H groups in total. The van der Waals surface area contributed by atoms with Gasteiger partial charge in [0.15, 0.2) is 0 Å². The van der Waals surface area contributed by atoms with Crippen LogP contribution in [0, 0.1) is 5.41 Å². The van der Waals surface area contributed by atoms with Crippen molar-refractivity contribution in [2.75, 3.05) is 13.2 Å². The summed E-state index contributed by atoms with van der Waals surface area (Å²) in [7, 11) is 0. The number of benzene rings is 2. The second-order valence-electron chi connectivity index (χ2n) is 8.69. The molecule has 2 aromatic rings. The maximum Gasteiger partial charge on any atom is 0.416 e. The molecule has 1 heterocycles. The van der Waals surface area contributed by atoms with Gasteiger partial charge < -0.3 is 15.8 Å². The topological polar surface area (TPSA) is 91.4 Å². The van der Waals surface area contributed by atoms with E-state index in [1.807, 2.05) is 12.1 Å². The molecule has 0 spiro atoms. The Balaban J connectivity index is 1.86. The molecule has 0 aliphatic carbocycles. The predicted octanol–water partition coefficient (Wildman–Crippen LogP) is 5.44. The number of nitrogens with one attached hydrogen (secondary N) is 2. The zero-order valence-electron chi connectivity index (χ0n) is 19.3. The van der Waals surface area contributed by atoms with Gasteiger partial charge in [-0.1, -0.05) is 30.3 Å². The number of carbonyl (C=O) groups is 1. The van der Waals surface area contributed by atoms with Crippen LogP contribution in [0.4, 0.5) is 31.1 Å². The van der Waals surface area contributed by atoms with E-state index in [0.717, 1.165) is 16.8 Å². The number of alkyl halides is 6. The number of hydrogen-bond acceptors (Lipinski definition) is 4. The Kier molecular flexibility index (Phi) is 7.99. The summed E-state index contributed by atoms with van der Waals surface area (Å²) in [5.41, 5.74) is 2.24. The molecule has 196 valence electrons. The van der Waals surface area contributed by atoms with Gasteiger partial charge in [-0.25, -0.2) is 4.79 Å². The minimum absolute atomic E-state index is 0.0658. The maximum atomic E-state index is 13.3. The molecule has 0 bridgehead atoms. The van der Waals surface area contributed by atoms with Gasteiger partial charge in [0.05, 0.1) is 41.8 Å². The lowest BCUT2D eigenvalue weighted by atomic mass is 9.81. The average Bonchev–Trinajstić information content (AvgIpc) is 2.83. The van der Waals surface area contributed by atoms with Crippen LogP contribution >= 0.6 is 0 Å². The number of piperidine rings is 1. The van der Waals surface area contributed by atoms with Gasteiger partial charge in [0.2, 0.25) is 0 Å². The smallest absolute Gasteiger partial charge is 0.372 e. The maximum absolute atomic E-state index is 13.3. The van der Waals surface area contributed by atoms with E-state index in [1.165, 1.54) is 6.92 Å². The standard InChI is InChI=1S/C24H26F6N4O2/c1-15(16-9-18(23(25,26)27)11-19(10-16)24(28,29)30)36-13-22(17-5-3-2-4-6-17)8-7-20(12-33-22)34(14-31)21(32)35/h2-6,9-11,14-15,20,31,33H,7-8,12-13H2,1H3,(H2,32,35)/t15-,20+,22-/m1/s1. The van der Waals surface area contributed by atoms with Crippen molar-refractivity contribution in [3.05, 3.63) is 70.8 Å². The van der Waals surface area contributed by atoms with E-state index in [4.69, 9.17) is 15.9 Å². The van der Waals surface area contributed by atoms with Crippen molar-refractivity contribution in [3.63, 3.8) is 0 Å². The highest BCUT2D eigenvalue weighted by Gasteiger charge is 2.40. The number of halogens is 6. The van der Waals surface area contributed by atoms with E-state index >= 15 is 0 Å². The van der Waals surface area contributed by atoms with Crippen LogP contribution in [0.5, 0.6) is 0 Å². The van der Waals surface area contributed by atoms with E-state index < -0.39 is 47.2 Å². The molecule has 3 rings (SSSR count). The second kappa shape index (κ2) is 10.5. The van der Waals surface area contributed by atoms with Crippen LogP contribution < -0.4 is 11.1 Å². The summed E-state index contributed by atoms with van der Waals surface area (Å²) in [6.45, 7) is 1.57. The van der Waals surface area contributed by atoms with Gasteiger partial charge in [0.25, 0.3) is 0 Å². The monoisotopic (exact) mass is 516 g/mol. The number of nitrogens with two attached hydrogens (primary N) is 1. The molecule has 2 amide bonds. The summed E-state index contributed by atoms with van der Waals surface area (Å²) in [5, 5.41) is 10.7. The van der Waals surface area contributed by atoms with Gasteiger partial charge in [-0.15, -0.1) is 0 Å². The van der Waals surface area contributed by atoms with Gasteiger partial charge >= 0.3 is 18.4 Å². The lowest BCUT2D eigenvalue weighted by Gasteiger charge is -2.44. The highest BCUT2D eigenvalue weighted by molar-refractivity contribution is 5.84. The Morgan fingerprint density at radius 2 is 1.75 bits per heavy atom. The van der Waals surface area contributed by atoms with E-state index in [1.54, 1.807) is 18.2 Å². The zero-order chi connectivity index (χ0) is 26.7. The first-order chi connectivity index (χ1) is 16.8. The molecular formula is C24H26F6N4O2. The Hall–Kier alpha value is -3.12. The predicted molar refractivity (Wildman–Crippen MR) is 120 cm³/mol. The summed E-state index contributed by atoms with van der Waals surface area (Å²) < 4.78 is 85.5. The fourth-order valence-electron chi connectivity index (χ4n) is 4.29. The first-order valence-electron chi connectivity index (χ1n) is 11.1. The molecule has 1 saturated heterocycles. The Labute approximate surface area is 203 Å². The third kappa shape index (κ3) is 6.16. The molecule has 3 atom stereocenters. The molecule has 0 unspecified atom stereocenters. The lowest BCUT2D eigenvalue weighted by molar-refractivity contribution is -0.143. The first kappa shape index (κ1) is 27.5. The van der Waals surface area contributed by atoms with Gasteiger partial charge in [0.1, 0.15) is 0 Å². The summed E-state index contributed by atoms with van der Waals surface area (Å²) in [4.78, 5) is 12.7. The number of ether oxygens (including phenoxy) is 1. The SMILES string of the molecule is C[C@@H](OC[C@@]1(c2ccccc2)CC[C@H](N(C=N)C(N)=O)CN1)c1cc(C(F)(F)F)cc(C(F)(F)F)c1. The minimum atomic E-state index is -4.96. The van der Waals surface area contributed by atoms with E-state index in [-0.39, 0.29) is 24.8 Å². The van der Waals surface area contributed by atoms with Crippen LogP contribution in [0.3, 0.4) is 0 Å². The number of carbonyl (C=O) groups excluding carboxylic acids is 1. The molecule has 0 aromatic heterocycles.